The highest BCUT2D eigenvalue weighted by Gasteiger charge is 2.32. The average Bonchev–Trinajstić information content (AvgIpc) is 2.47. The minimum absolute atomic E-state index is 0.371. The summed E-state index contributed by atoms with van der Waals surface area (Å²) in [7, 11) is 0. The zero-order valence-electron chi connectivity index (χ0n) is 11.1. The van der Waals surface area contributed by atoms with Crippen LogP contribution < -0.4 is 0 Å². The summed E-state index contributed by atoms with van der Waals surface area (Å²) in [5.74, 6) is 0.742. The van der Waals surface area contributed by atoms with Crippen LogP contribution >= 0.6 is 58.0 Å². The van der Waals surface area contributed by atoms with Crippen LogP contribution in [0.25, 0.3) is 0 Å². The van der Waals surface area contributed by atoms with Crippen molar-refractivity contribution >= 4 is 58.0 Å². The molecule has 2 aromatic rings. The third-order valence-electron chi connectivity index (χ3n) is 3.49. The average molecular weight is 383 g/mol. The van der Waals surface area contributed by atoms with E-state index in [-0.39, 0.29) is 0 Å². The first-order chi connectivity index (χ1) is 10.0. The lowest BCUT2D eigenvalue weighted by molar-refractivity contribution is 0.536. The summed E-state index contributed by atoms with van der Waals surface area (Å²) >= 11 is 30.8. The van der Waals surface area contributed by atoms with Crippen molar-refractivity contribution in [2.24, 2.45) is 0 Å². The molecule has 0 fully saturated rings. The van der Waals surface area contributed by atoms with Crippen LogP contribution in [0.5, 0.6) is 0 Å². The molecule has 0 amide bonds. The Morgan fingerprint density at radius 3 is 2.05 bits per heavy atom. The molecule has 0 spiro atoms. The van der Waals surface area contributed by atoms with Gasteiger partial charge >= 0.3 is 0 Å². The molecule has 2 rings (SSSR count). The Labute approximate surface area is 149 Å². The van der Waals surface area contributed by atoms with Gasteiger partial charge in [0.05, 0.1) is 0 Å². The molecule has 0 saturated heterocycles. The third kappa shape index (κ3) is 4.00. The van der Waals surface area contributed by atoms with Crippen molar-refractivity contribution in [3.63, 3.8) is 0 Å². The van der Waals surface area contributed by atoms with Crippen LogP contribution in [0.2, 0.25) is 15.1 Å². The lowest BCUT2D eigenvalue weighted by Crippen LogP contribution is -2.33. The second-order valence-corrected chi connectivity index (χ2v) is 6.79. The number of alkyl halides is 2. The predicted molar refractivity (Wildman–Crippen MR) is 94.7 cm³/mol. The molecule has 5 heteroatoms. The smallest absolute Gasteiger partial charge is 0.0453 e. The van der Waals surface area contributed by atoms with Gasteiger partial charge < -0.3 is 0 Å². The maximum atomic E-state index is 6.27. The predicted octanol–water partition coefficient (Wildman–Crippen LogP) is 6.60. The molecule has 0 aliphatic carbocycles. The van der Waals surface area contributed by atoms with Crippen LogP contribution in [0, 0.1) is 0 Å². The molecule has 0 N–H and O–H groups in total. The number of hydrogen-bond donors (Lipinski definition) is 0. The largest absolute Gasteiger partial charge is 0.126 e. The molecule has 0 radical (unpaired) electrons. The van der Waals surface area contributed by atoms with Crippen molar-refractivity contribution in [3.8, 4) is 0 Å². The number of benzene rings is 2. The van der Waals surface area contributed by atoms with E-state index >= 15 is 0 Å². The van der Waals surface area contributed by atoms with Crippen molar-refractivity contribution in [2.45, 2.75) is 11.8 Å². The van der Waals surface area contributed by atoms with Crippen LogP contribution in [0.1, 0.15) is 11.1 Å². The standard InChI is InChI=1S/C16H13Cl5/c17-9-16(10-18,12-2-1-3-13(19)6-12)8-11-4-5-14(20)7-15(11)21/h1-7H,8-10H2. The zero-order chi connectivity index (χ0) is 15.5. The van der Waals surface area contributed by atoms with Crippen LogP contribution in [0.3, 0.4) is 0 Å². The van der Waals surface area contributed by atoms with Gasteiger partial charge in [-0.15, -0.1) is 23.2 Å². The summed E-state index contributed by atoms with van der Waals surface area (Å²) < 4.78 is 0. The fourth-order valence-electron chi connectivity index (χ4n) is 2.23. The fourth-order valence-corrected chi connectivity index (χ4v) is 3.68. The number of hydrogen-bond acceptors (Lipinski definition) is 0. The quantitative estimate of drug-likeness (QED) is 0.511. The van der Waals surface area contributed by atoms with Crippen LogP contribution in [-0.2, 0) is 11.8 Å². The van der Waals surface area contributed by atoms with E-state index < -0.39 is 5.41 Å². The maximum absolute atomic E-state index is 6.27. The molecule has 0 aliphatic heterocycles. The summed E-state index contributed by atoms with van der Waals surface area (Å²) in [6.07, 6.45) is 0.621. The van der Waals surface area contributed by atoms with Crippen LogP contribution in [-0.4, -0.2) is 11.8 Å². The van der Waals surface area contributed by atoms with E-state index in [0.29, 0.717) is 33.2 Å². The van der Waals surface area contributed by atoms with E-state index in [1.54, 1.807) is 6.07 Å². The summed E-state index contributed by atoms with van der Waals surface area (Å²) in [6.45, 7) is 0. The molecule has 0 unspecified atom stereocenters. The Hall–Kier alpha value is -0.110. The van der Waals surface area contributed by atoms with Gasteiger partial charge in [0.2, 0.25) is 0 Å². The second kappa shape index (κ2) is 7.44. The van der Waals surface area contributed by atoms with Gasteiger partial charge in [-0.05, 0) is 41.8 Å². The lowest BCUT2D eigenvalue weighted by Gasteiger charge is -2.31. The van der Waals surface area contributed by atoms with Gasteiger partial charge in [-0.1, -0.05) is 53.0 Å². The zero-order valence-corrected chi connectivity index (χ0v) is 14.8. The van der Waals surface area contributed by atoms with Gasteiger partial charge in [0.25, 0.3) is 0 Å². The van der Waals surface area contributed by atoms with E-state index in [0.717, 1.165) is 11.1 Å². The first-order valence-corrected chi connectivity index (χ1v) is 8.53. The molecule has 0 atom stereocenters. The molecule has 2 aromatic carbocycles. The molecule has 0 saturated carbocycles. The highest BCUT2D eigenvalue weighted by Crippen LogP contribution is 2.35. The molecule has 21 heavy (non-hydrogen) atoms. The minimum atomic E-state index is -0.425. The Morgan fingerprint density at radius 2 is 1.48 bits per heavy atom. The van der Waals surface area contributed by atoms with Gasteiger partial charge in [-0.3, -0.25) is 0 Å². The summed E-state index contributed by atoms with van der Waals surface area (Å²) in [5, 5.41) is 1.88. The van der Waals surface area contributed by atoms with Gasteiger partial charge in [0.15, 0.2) is 0 Å². The molecule has 112 valence electrons. The van der Waals surface area contributed by atoms with E-state index in [2.05, 4.69) is 0 Å². The van der Waals surface area contributed by atoms with E-state index in [9.17, 15) is 0 Å². The molecule has 0 bridgehead atoms. The number of halogens is 5. The third-order valence-corrected chi connectivity index (χ3v) is 5.34. The van der Waals surface area contributed by atoms with Gasteiger partial charge in [0, 0.05) is 32.2 Å². The van der Waals surface area contributed by atoms with Crippen LogP contribution in [0.4, 0.5) is 0 Å². The van der Waals surface area contributed by atoms with Crippen molar-refractivity contribution in [1.29, 1.82) is 0 Å². The second-order valence-electron chi connectivity index (χ2n) is 4.97. The monoisotopic (exact) mass is 380 g/mol. The SMILES string of the molecule is ClCC(CCl)(Cc1ccc(Cl)cc1Cl)c1cccc(Cl)c1. The molecule has 0 aromatic heterocycles. The summed E-state index contributed by atoms with van der Waals surface area (Å²) in [5.41, 5.74) is 1.54. The van der Waals surface area contributed by atoms with Crippen molar-refractivity contribution < 1.29 is 0 Å². The Bertz CT molecular complexity index is 620. The Kier molecular flexibility index (Phi) is 6.11. The first kappa shape index (κ1) is 17.2. The highest BCUT2D eigenvalue weighted by molar-refractivity contribution is 6.35. The maximum Gasteiger partial charge on any atom is 0.0453 e. The number of rotatable bonds is 5. The topological polar surface area (TPSA) is 0 Å². The fraction of sp³-hybridized carbons (Fsp3) is 0.250. The van der Waals surface area contributed by atoms with E-state index in [1.807, 2.05) is 36.4 Å². The molecular formula is C16H13Cl5. The molecule has 0 heterocycles. The summed E-state index contributed by atoms with van der Waals surface area (Å²) in [6, 6.07) is 13.1. The molecule has 0 nitrogen and oxygen atoms in total. The van der Waals surface area contributed by atoms with Gasteiger partial charge in [0.1, 0.15) is 0 Å². The normalized spacial score (nSPS) is 11.7. The van der Waals surface area contributed by atoms with E-state index in [4.69, 9.17) is 58.0 Å². The van der Waals surface area contributed by atoms with Crippen molar-refractivity contribution in [3.05, 3.63) is 68.7 Å². The summed E-state index contributed by atoms with van der Waals surface area (Å²) in [4.78, 5) is 0. The molecular weight excluding hydrogens is 369 g/mol. The lowest BCUT2D eigenvalue weighted by atomic mass is 9.78. The Morgan fingerprint density at radius 1 is 0.810 bits per heavy atom. The van der Waals surface area contributed by atoms with Crippen LogP contribution in [0.15, 0.2) is 42.5 Å². The first-order valence-electron chi connectivity index (χ1n) is 6.33. The minimum Gasteiger partial charge on any atom is -0.126 e. The van der Waals surface area contributed by atoms with Crippen molar-refractivity contribution in [1.82, 2.24) is 0 Å². The van der Waals surface area contributed by atoms with Gasteiger partial charge in [-0.2, -0.15) is 0 Å². The van der Waals surface area contributed by atoms with Gasteiger partial charge in [-0.25, -0.2) is 0 Å². The Balaban J connectivity index is 2.43. The van der Waals surface area contributed by atoms with Crippen molar-refractivity contribution in [2.75, 3.05) is 11.8 Å². The highest BCUT2D eigenvalue weighted by atomic mass is 35.5. The molecule has 0 aliphatic rings. The van der Waals surface area contributed by atoms with E-state index in [1.165, 1.54) is 0 Å².